The number of carbonyl (C=O) groups excluding carboxylic acids is 2. The molecule has 2 aliphatic rings. The summed E-state index contributed by atoms with van der Waals surface area (Å²) in [5, 5.41) is 2.70. The van der Waals surface area contributed by atoms with Crippen LogP contribution in [0.4, 0.5) is 15.8 Å². The lowest BCUT2D eigenvalue weighted by molar-refractivity contribution is -0.120. The zero-order valence-electron chi connectivity index (χ0n) is 17.6. The molecule has 1 fully saturated rings. The van der Waals surface area contributed by atoms with Crippen molar-refractivity contribution in [1.82, 2.24) is 4.31 Å². The second kappa shape index (κ2) is 9.21. The van der Waals surface area contributed by atoms with Crippen molar-refractivity contribution in [3.05, 3.63) is 47.8 Å². The molecule has 2 amide bonds. The van der Waals surface area contributed by atoms with E-state index in [1.807, 2.05) is 0 Å². The van der Waals surface area contributed by atoms with E-state index in [0.29, 0.717) is 30.0 Å². The number of hydrogen-bond donors (Lipinski definition) is 1. The maximum absolute atomic E-state index is 13.3. The number of hydrogen-bond acceptors (Lipinski definition) is 5. The van der Waals surface area contributed by atoms with Gasteiger partial charge in [-0.2, -0.15) is 4.31 Å². The number of benzene rings is 2. The Balaban J connectivity index is 1.59. The van der Waals surface area contributed by atoms with Gasteiger partial charge in [0, 0.05) is 23.7 Å². The first-order valence-electron chi connectivity index (χ1n) is 10.4. The number of fused-ring (bicyclic) bond motifs is 1. The maximum Gasteiger partial charge on any atom is 0.244 e. The predicted octanol–water partition coefficient (Wildman–Crippen LogP) is 3.39. The fourth-order valence-corrected chi connectivity index (χ4v) is 6.32. The van der Waals surface area contributed by atoms with Crippen molar-refractivity contribution >= 4 is 45.0 Å². The molecule has 2 aromatic rings. The van der Waals surface area contributed by atoms with Gasteiger partial charge >= 0.3 is 0 Å². The van der Waals surface area contributed by atoms with Crippen molar-refractivity contribution in [2.24, 2.45) is 0 Å². The highest BCUT2D eigenvalue weighted by Crippen LogP contribution is 2.37. The summed E-state index contributed by atoms with van der Waals surface area (Å²) in [5.41, 5.74) is 1.43. The van der Waals surface area contributed by atoms with Crippen LogP contribution in [0.15, 0.2) is 46.2 Å². The molecule has 0 atom stereocenters. The van der Waals surface area contributed by atoms with Gasteiger partial charge in [0.25, 0.3) is 0 Å². The first-order chi connectivity index (χ1) is 15.3. The normalized spacial score (nSPS) is 17.2. The van der Waals surface area contributed by atoms with Crippen LogP contribution in [-0.4, -0.2) is 49.9 Å². The van der Waals surface area contributed by atoms with Gasteiger partial charge in [-0.25, -0.2) is 12.8 Å². The molecule has 0 aromatic heterocycles. The SMILES string of the molecule is Cc1cc(F)ccc1NC(=O)CN1C(=O)CSc2ccc(S(=O)(=O)N3CCCCC3)cc21. The number of sulfonamides is 1. The molecule has 0 spiro atoms. The largest absolute Gasteiger partial charge is 0.324 e. The van der Waals surface area contributed by atoms with Gasteiger partial charge in [0.05, 0.1) is 16.3 Å². The first-order valence-corrected chi connectivity index (χ1v) is 12.8. The van der Waals surface area contributed by atoms with E-state index in [1.165, 1.54) is 45.2 Å². The van der Waals surface area contributed by atoms with Crippen molar-refractivity contribution in [3.63, 3.8) is 0 Å². The molecular weight excluding hydrogens is 453 g/mol. The summed E-state index contributed by atoms with van der Waals surface area (Å²) in [6.45, 7) is 2.37. The number of anilines is 2. The molecule has 1 saturated heterocycles. The number of rotatable bonds is 5. The minimum absolute atomic E-state index is 0.119. The molecule has 10 heteroatoms. The molecule has 1 N–H and O–H groups in total. The number of nitrogens with zero attached hydrogens (tertiary/aromatic N) is 2. The van der Waals surface area contributed by atoms with Crippen molar-refractivity contribution in [3.8, 4) is 0 Å². The molecule has 32 heavy (non-hydrogen) atoms. The smallest absolute Gasteiger partial charge is 0.244 e. The summed E-state index contributed by atoms with van der Waals surface area (Å²) < 4.78 is 41.0. The lowest BCUT2D eigenvalue weighted by atomic mass is 10.2. The molecule has 2 aromatic carbocycles. The van der Waals surface area contributed by atoms with E-state index in [-0.39, 0.29) is 23.1 Å². The molecular formula is C22H24FN3O4S2. The van der Waals surface area contributed by atoms with Crippen LogP contribution in [0.25, 0.3) is 0 Å². The van der Waals surface area contributed by atoms with Crippen molar-refractivity contribution in [2.75, 3.05) is 35.6 Å². The van der Waals surface area contributed by atoms with E-state index in [0.717, 1.165) is 24.2 Å². The number of halogens is 1. The number of thioether (sulfide) groups is 1. The average molecular weight is 478 g/mol. The van der Waals surface area contributed by atoms with E-state index in [1.54, 1.807) is 19.1 Å². The summed E-state index contributed by atoms with van der Waals surface area (Å²) in [6, 6.07) is 8.76. The third-order valence-electron chi connectivity index (χ3n) is 5.59. The number of carbonyl (C=O) groups is 2. The molecule has 2 heterocycles. The Morgan fingerprint density at radius 1 is 1.12 bits per heavy atom. The second-order valence-electron chi connectivity index (χ2n) is 7.87. The minimum Gasteiger partial charge on any atom is -0.324 e. The highest BCUT2D eigenvalue weighted by Gasteiger charge is 2.31. The number of aryl methyl sites for hydroxylation is 1. The van der Waals surface area contributed by atoms with Crippen LogP contribution in [0, 0.1) is 12.7 Å². The highest BCUT2D eigenvalue weighted by atomic mass is 32.2. The Hall–Kier alpha value is -2.43. The lowest BCUT2D eigenvalue weighted by Gasteiger charge is -2.30. The van der Waals surface area contributed by atoms with E-state index < -0.39 is 21.7 Å². The van der Waals surface area contributed by atoms with Crippen molar-refractivity contribution < 1.29 is 22.4 Å². The van der Waals surface area contributed by atoms with Crippen LogP contribution in [0.5, 0.6) is 0 Å². The van der Waals surface area contributed by atoms with Crippen molar-refractivity contribution in [1.29, 1.82) is 0 Å². The average Bonchev–Trinajstić information content (AvgIpc) is 2.78. The van der Waals surface area contributed by atoms with Gasteiger partial charge < -0.3 is 10.2 Å². The standard InChI is InChI=1S/C22H24FN3O4S2/c1-15-11-16(23)5-7-18(15)24-21(27)13-26-19-12-17(6-8-20(19)31-14-22(26)28)32(29,30)25-9-3-2-4-10-25/h5-8,11-12H,2-4,9-10,13-14H2,1H3,(H,24,27). The van der Waals surface area contributed by atoms with Crippen LogP contribution >= 0.6 is 11.8 Å². The molecule has 0 aliphatic carbocycles. The fourth-order valence-electron chi connectivity index (χ4n) is 3.87. The summed E-state index contributed by atoms with van der Waals surface area (Å²) in [7, 11) is -3.67. The molecule has 7 nitrogen and oxygen atoms in total. The van der Waals surface area contributed by atoms with Gasteiger partial charge in [0.15, 0.2) is 0 Å². The van der Waals surface area contributed by atoms with Crippen LogP contribution in [0.3, 0.4) is 0 Å². The number of piperidine rings is 1. The third-order valence-corrected chi connectivity index (χ3v) is 8.53. The van der Waals surface area contributed by atoms with Crippen LogP contribution in [0.2, 0.25) is 0 Å². The number of amides is 2. The van der Waals surface area contributed by atoms with Gasteiger partial charge in [-0.05, 0) is 61.7 Å². The summed E-state index contributed by atoms with van der Waals surface area (Å²) >= 11 is 1.32. The Morgan fingerprint density at radius 2 is 1.88 bits per heavy atom. The summed E-state index contributed by atoms with van der Waals surface area (Å²) in [5.74, 6) is -0.968. The molecule has 0 saturated carbocycles. The third kappa shape index (κ3) is 4.67. The van der Waals surface area contributed by atoms with E-state index >= 15 is 0 Å². The summed E-state index contributed by atoms with van der Waals surface area (Å²) in [4.78, 5) is 27.5. The topological polar surface area (TPSA) is 86.8 Å². The second-order valence-corrected chi connectivity index (χ2v) is 10.8. The van der Waals surface area contributed by atoms with Gasteiger partial charge in [-0.15, -0.1) is 11.8 Å². The van der Waals surface area contributed by atoms with Gasteiger partial charge in [-0.1, -0.05) is 6.42 Å². The lowest BCUT2D eigenvalue weighted by Crippen LogP contribution is -2.41. The first kappa shape index (κ1) is 22.8. The molecule has 170 valence electrons. The zero-order chi connectivity index (χ0) is 22.9. The Kier molecular flexibility index (Phi) is 6.55. The highest BCUT2D eigenvalue weighted by molar-refractivity contribution is 8.00. The molecule has 0 bridgehead atoms. The molecule has 0 unspecified atom stereocenters. The van der Waals surface area contributed by atoms with E-state index in [4.69, 9.17) is 0 Å². The van der Waals surface area contributed by atoms with Gasteiger partial charge in [0.2, 0.25) is 21.8 Å². The van der Waals surface area contributed by atoms with Crippen LogP contribution < -0.4 is 10.2 Å². The van der Waals surface area contributed by atoms with E-state index in [2.05, 4.69) is 5.32 Å². The van der Waals surface area contributed by atoms with Crippen molar-refractivity contribution in [2.45, 2.75) is 36.0 Å². The minimum atomic E-state index is -3.67. The quantitative estimate of drug-likeness (QED) is 0.714. The fraction of sp³-hybridized carbons (Fsp3) is 0.364. The molecule has 4 rings (SSSR count). The molecule has 0 radical (unpaired) electrons. The zero-order valence-corrected chi connectivity index (χ0v) is 19.3. The Bertz CT molecular complexity index is 1160. The van der Waals surface area contributed by atoms with Crippen LogP contribution in [-0.2, 0) is 19.6 Å². The summed E-state index contributed by atoms with van der Waals surface area (Å²) in [6.07, 6.45) is 2.67. The number of nitrogens with one attached hydrogen (secondary N) is 1. The van der Waals surface area contributed by atoms with Crippen LogP contribution in [0.1, 0.15) is 24.8 Å². The monoisotopic (exact) mass is 477 g/mol. The Labute approximate surface area is 191 Å². The Morgan fingerprint density at radius 3 is 2.59 bits per heavy atom. The maximum atomic E-state index is 13.3. The van der Waals surface area contributed by atoms with E-state index in [9.17, 15) is 22.4 Å². The predicted molar refractivity (Wildman–Crippen MR) is 122 cm³/mol. The van der Waals surface area contributed by atoms with Gasteiger partial charge in [0.1, 0.15) is 12.4 Å². The molecule has 2 aliphatic heterocycles. The van der Waals surface area contributed by atoms with Gasteiger partial charge in [-0.3, -0.25) is 9.59 Å².